The fraction of sp³-hybridized carbons (Fsp3) is 0.281. The highest BCUT2D eigenvalue weighted by atomic mass is 16.5. The van der Waals surface area contributed by atoms with Crippen LogP contribution in [0.1, 0.15) is 42.7 Å². The average molecular weight is 586 g/mol. The molecule has 0 bridgehead atoms. The summed E-state index contributed by atoms with van der Waals surface area (Å²) in [5, 5.41) is 11.4. The van der Waals surface area contributed by atoms with Gasteiger partial charge in [0.05, 0.1) is 23.9 Å². The predicted octanol–water partition coefficient (Wildman–Crippen LogP) is 3.81. The third-order valence-electron chi connectivity index (χ3n) is 6.28. The van der Waals surface area contributed by atoms with Gasteiger partial charge in [0, 0.05) is 24.9 Å². The molecule has 2 aromatic carbocycles. The first kappa shape index (κ1) is 30.6. The van der Waals surface area contributed by atoms with Gasteiger partial charge in [-0.15, -0.1) is 0 Å². The largest absolute Gasteiger partial charge is 0.489 e. The molecule has 3 aromatic rings. The van der Waals surface area contributed by atoms with E-state index in [1.165, 1.54) is 17.2 Å². The lowest BCUT2D eigenvalue weighted by Crippen LogP contribution is -2.49. The summed E-state index contributed by atoms with van der Waals surface area (Å²) < 4.78 is 16.8. The number of ether oxygens (including phenoxy) is 3. The minimum Gasteiger partial charge on any atom is -0.489 e. The van der Waals surface area contributed by atoms with Crippen LogP contribution in [0.25, 0.3) is 0 Å². The highest BCUT2D eigenvalue weighted by molar-refractivity contribution is 6.03. The zero-order chi connectivity index (χ0) is 31.0. The number of para-hydroxylation sites is 1. The number of nitrogens with zero attached hydrogens (tertiary/aromatic N) is 2. The minimum absolute atomic E-state index is 0.0115. The molecule has 4 rings (SSSR count). The van der Waals surface area contributed by atoms with Crippen molar-refractivity contribution < 1.29 is 38.5 Å². The van der Waals surface area contributed by atoms with Crippen molar-refractivity contribution in [3.8, 4) is 29.1 Å². The van der Waals surface area contributed by atoms with Crippen LogP contribution in [-0.4, -0.2) is 60.1 Å². The summed E-state index contributed by atoms with van der Waals surface area (Å²) in [7, 11) is 1.58. The quantitative estimate of drug-likeness (QED) is 0.283. The summed E-state index contributed by atoms with van der Waals surface area (Å²) in [5.41, 5.74) is 0.437. The molecule has 0 unspecified atom stereocenters. The molecule has 222 valence electrons. The second-order valence-corrected chi connectivity index (χ2v) is 10.4. The Balaban J connectivity index is 1.40. The SMILES string of the molecule is CN1C(=O)[C@@H](NC(=O)c2cc(Oc3ccccc3)ccn2)COc2ccc(C#CC(C)(C)COC(=O)CCC(=O)O)cc21. The number of hydrogen-bond donors (Lipinski definition) is 2. The van der Waals surface area contributed by atoms with Gasteiger partial charge in [-0.05, 0) is 50.2 Å². The van der Waals surface area contributed by atoms with Gasteiger partial charge in [0.25, 0.3) is 11.8 Å². The zero-order valence-electron chi connectivity index (χ0n) is 24.0. The fourth-order valence-electron chi connectivity index (χ4n) is 3.95. The lowest BCUT2D eigenvalue weighted by atomic mass is 9.95. The van der Waals surface area contributed by atoms with Crippen LogP contribution >= 0.6 is 0 Å². The summed E-state index contributed by atoms with van der Waals surface area (Å²) >= 11 is 0. The third kappa shape index (κ3) is 8.56. The first-order valence-corrected chi connectivity index (χ1v) is 13.5. The van der Waals surface area contributed by atoms with Gasteiger partial charge in [0.2, 0.25) is 0 Å². The van der Waals surface area contributed by atoms with Gasteiger partial charge in [-0.25, -0.2) is 0 Å². The summed E-state index contributed by atoms with van der Waals surface area (Å²) in [6, 6.07) is 16.4. The summed E-state index contributed by atoms with van der Waals surface area (Å²) in [6.45, 7) is 3.48. The van der Waals surface area contributed by atoms with E-state index in [1.54, 1.807) is 57.3 Å². The number of carboxylic acid groups (broad SMARTS) is 1. The van der Waals surface area contributed by atoms with Crippen LogP contribution in [0, 0.1) is 17.3 Å². The van der Waals surface area contributed by atoms with E-state index in [0.29, 0.717) is 28.5 Å². The molecule has 0 saturated heterocycles. The van der Waals surface area contributed by atoms with Crippen molar-refractivity contribution in [2.24, 2.45) is 5.41 Å². The number of carbonyl (C=O) groups excluding carboxylic acids is 3. The number of aliphatic carboxylic acids is 1. The molecule has 2 N–H and O–H groups in total. The number of anilines is 1. The maximum Gasteiger partial charge on any atom is 0.306 e. The molecule has 0 saturated carbocycles. The minimum atomic E-state index is -1.07. The van der Waals surface area contributed by atoms with E-state index in [9.17, 15) is 19.2 Å². The van der Waals surface area contributed by atoms with Gasteiger partial charge in [0.1, 0.15) is 42.2 Å². The number of nitrogens with one attached hydrogen (secondary N) is 1. The van der Waals surface area contributed by atoms with E-state index in [2.05, 4.69) is 22.1 Å². The first-order valence-electron chi connectivity index (χ1n) is 13.5. The second kappa shape index (κ2) is 13.5. The topological polar surface area (TPSA) is 144 Å². The van der Waals surface area contributed by atoms with Gasteiger partial charge in [-0.3, -0.25) is 24.2 Å². The Labute approximate surface area is 248 Å². The number of hydrogen-bond acceptors (Lipinski definition) is 8. The van der Waals surface area contributed by atoms with Crippen molar-refractivity contribution in [1.29, 1.82) is 0 Å². The van der Waals surface area contributed by atoms with Crippen molar-refractivity contribution in [2.75, 3.05) is 25.2 Å². The molecule has 2 amide bonds. The summed E-state index contributed by atoms with van der Waals surface area (Å²) in [6.07, 6.45) is 0.942. The summed E-state index contributed by atoms with van der Waals surface area (Å²) in [5.74, 6) is 4.94. The molecule has 43 heavy (non-hydrogen) atoms. The van der Waals surface area contributed by atoms with E-state index in [1.807, 2.05) is 18.2 Å². The molecule has 11 heteroatoms. The van der Waals surface area contributed by atoms with Crippen molar-refractivity contribution in [2.45, 2.75) is 32.7 Å². The summed E-state index contributed by atoms with van der Waals surface area (Å²) in [4.78, 5) is 54.3. The van der Waals surface area contributed by atoms with Crippen LogP contribution in [-0.2, 0) is 19.1 Å². The molecular formula is C32H31N3O8. The fourth-order valence-corrected chi connectivity index (χ4v) is 3.95. The van der Waals surface area contributed by atoms with Crippen molar-refractivity contribution >= 4 is 29.4 Å². The van der Waals surface area contributed by atoms with Gasteiger partial charge in [0.15, 0.2) is 0 Å². The molecule has 0 fully saturated rings. The van der Waals surface area contributed by atoms with Crippen LogP contribution in [0.3, 0.4) is 0 Å². The second-order valence-electron chi connectivity index (χ2n) is 10.4. The molecule has 1 aromatic heterocycles. The Kier molecular flexibility index (Phi) is 9.62. The Morgan fingerprint density at radius 2 is 1.86 bits per heavy atom. The van der Waals surface area contributed by atoms with E-state index >= 15 is 0 Å². The number of benzene rings is 2. The van der Waals surface area contributed by atoms with Crippen LogP contribution in [0.4, 0.5) is 5.69 Å². The van der Waals surface area contributed by atoms with Crippen molar-refractivity contribution in [3.63, 3.8) is 0 Å². The molecule has 2 heterocycles. The molecule has 1 aliphatic rings. The molecular weight excluding hydrogens is 554 g/mol. The number of fused-ring (bicyclic) bond motifs is 1. The van der Waals surface area contributed by atoms with Crippen LogP contribution in [0.2, 0.25) is 0 Å². The molecule has 1 aliphatic heterocycles. The van der Waals surface area contributed by atoms with Gasteiger partial charge in [-0.1, -0.05) is 30.0 Å². The van der Waals surface area contributed by atoms with Gasteiger partial charge in [-0.2, -0.15) is 0 Å². The Morgan fingerprint density at radius 3 is 2.60 bits per heavy atom. The lowest BCUT2D eigenvalue weighted by Gasteiger charge is -2.20. The highest BCUT2D eigenvalue weighted by Crippen LogP contribution is 2.32. The average Bonchev–Trinajstić information content (AvgIpc) is 3.10. The number of carboxylic acids is 1. The van der Waals surface area contributed by atoms with Crippen LogP contribution < -0.4 is 19.7 Å². The van der Waals surface area contributed by atoms with E-state index in [0.717, 1.165) is 0 Å². The van der Waals surface area contributed by atoms with E-state index in [4.69, 9.17) is 19.3 Å². The molecule has 11 nitrogen and oxygen atoms in total. The van der Waals surface area contributed by atoms with Crippen LogP contribution in [0.5, 0.6) is 17.2 Å². The first-order chi connectivity index (χ1) is 20.5. The number of pyridine rings is 1. The Bertz CT molecular complexity index is 1580. The van der Waals surface area contributed by atoms with Crippen molar-refractivity contribution in [1.82, 2.24) is 10.3 Å². The van der Waals surface area contributed by atoms with Crippen molar-refractivity contribution in [3.05, 3.63) is 78.1 Å². The molecule has 0 aliphatic carbocycles. The van der Waals surface area contributed by atoms with E-state index < -0.39 is 29.3 Å². The Hall–Kier alpha value is -5.37. The number of carbonyl (C=O) groups is 4. The van der Waals surface area contributed by atoms with Gasteiger partial charge >= 0.3 is 11.9 Å². The molecule has 1 atom stereocenters. The van der Waals surface area contributed by atoms with Gasteiger partial charge < -0.3 is 29.5 Å². The standard InChI is InChI=1S/C32H31N3O8/c1-32(2,20-42-29(38)12-11-28(36)37)15-13-21-9-10-27-26(17-21)35(3)31(40)25(19-41-27)34-30(39)24-18-23(14-16-33-24)43-22-7-5-4-6-8-22/h4-10,14,16-18,25H,11-12,19-20H2,1-3H3,(H,34,39)(H,36,37)/t25-/m0/s1. The van der Waals surface area contributed by atoms with E-state index in [-0.39, 0.29) is 37.7 Å². The number of amides is 2. The maximum atomic E-state index is 13.3. The monoisotopic (exact) mass is 585 g/mol. The molecule has 0 radical (unpaired) electrons. The third-order valence-corrected chi connectivity index (χ3v) is 6.28. The number of esters is 1. The lowest BCUT2D eigenvalue weighted by molar-refractivity contribution is -0.149. The highest BCUT2D eigenvalue weighted by Gasteiger charge is 2.31. The predicted molar refractivity (Wildman–Crippen MR) is 156 cm³/mol. The smallest absolute Gasteiger partial charge is 0.306 e. The number of rotatable bonds is 9. The zero-order valence-corrected chi connectivity index (χ0v) is 24.0. The number of likely N-dealkylation sites (N-methyl/N-ethyl adjacent to an activating group) is 1. The number of aromatic nitrogens is 1. The van der Waals surface area contributed by atoms with Crippen LogP contribution in [0.15, 0.2) is 66.9 Å². The normalized spacial score (nSPS) is 14.3. The maximum absolute atomic E-state index is 13.3. The molecule has 0 spiro atoms. The Morgan fingerprint density at radius 1 is 1.09 bits per heavy atom.